The SMILES string of the molecule is CC(CN)(c1ccc(O)c(O)c1)C1CC1. The molecule has 3 nitrogen and oxygen atoms in total. The summed E-state index contributed by atoms with van der Waals surface area (Å²) in [5, 5.41) is 18.7. The molecule has 0 aromatic heterocycles. The molecule has 1 aliphatic carbocycles. The lowest BCUT2D eigenvalue weighted by molar-refractivity contribution is 0.391. The Bertz CT molecular complexity index is 374. The van der Waals surface area contributed by atoms with E-state index in [-0.39, 0.29) is 16.9 Å². The average molecular weight is 207 g/mol. The molecule has 0 saturated heterocycles. The minimum Gasteiger partial charge on any atom is -0.504 e. The fourth-order valence-corrected chi connectivity index (χ4v) is 2.12. The van der Waals surface area contributed by atoms with Gasteiger partial charge in [0.25, 0.3) is 0 Å². The molecule has 1 atom stereocenters. The maximum Gasteiger partial charge on any atom is 0.157 e. The number of hydrogen-bond acceptors (Lipinski definition) is 3. The second kappa shape index (κ2) is 3.42. The van der Waals surface area contributed by atoms with E-state index in [2.05, 4.69) is 6.92 Å². The van der Waals surface area contributed by atoms with Crippen LogP contribution in [-0.4, -0.2) is 16.8 Å². The quantitative estimate of drug-likeness (QED) is 0.661. The number of aromatic hydroxyl groups is 2. The van der Waals surface area contributed by atoms with E-state index in [1.54, 1.807) is 6.07 Å². The van der Waals surface area contributed by atoms with E-state index in [1.165, 1.54) is 18.9 Å². The maximum absolute atomic E-state index is 9.47. The Morgan fingerprint density at radius 3 is 2.47 bits per heavy atom. The molecule has 2 rings (SSSR count). The summed E-state index contributed by atoms with van der Waals surface area (Å²) in [5.41, 5.74) is 6.78. The molecule has 1 fully saturated rings. The molecule has 0 heterocycles. The first-order valence-corrected chi connectivity index (χ1v) is 5.30. The third kappa shape index (κ3) is 1.67. The lowest BCUT2D eigenvalue weighted by Gasteiger charge is -2.28. The monoisotopic (exact) mass is 207 g/mol. The minimum atomic E-state index is -0.0751. The largest absolute Gasteiger partial charge is 0.504 e. The van der Waals surface area contributed by atoms with Crippen LogP contribution in [0.4, 0.5) is 0 Å². The lowest BCUT2D eigenvalue weighted by atomic mass is 9.78. The summed E-state index contributed by atoms with van der Waals surface area (Å²) in [4.78, 5) is 0. The molecule has 0 radical (unpaired) electrons. The standard InChI is InChI=1S/C12H17NO2/c1-12(7-13,8-2-3-8)9-4-5-10(14)11(15)6-9/h4-6,8,14-15H,2-3,7,13H2,1H3. The molecule has 15 heavy (non-hydrogen) atoms. The Balaban J connectivity index is 2.38. The van der Waals surface area contributed by atoms with Gasteiger partial charge in [-0.25, -0.2) is 0 Å². The zero-order valence-electron chi connectivity index (χ0n) is 8.90. The normalized spacial score (nSPS) is 19.9. The van der Waals surface area contributed by atoms with E-state index in [1.807, 2.05) is 6.07 Å². The molecule has 82 valence electrons. The zero-order valence-corrected chi connectivity index (χ0v) is 8.90. The van der Waals surface area contributed by atoms with Crippen molar-refractivity contribution in [1.29, 1.82) is 0 Å². The van der Waals surface area contributed by atoms with Crippen molar-refractivity contribution < 1.29 is 10.2 Å². The van der Waals surface area contributed by atoms with Crippen molar-refractivity contribution in [1.82, 2.24) is 0 Å². The van der Waals surface area contributed by atoms with Gasteiger partial charge in [0, 0.05) is 12.0 Å². The highest BCUT2D eigenvalue weighted by atomic mass is 16.3. The summed E-state index contributed by atoms with van der Waals surface area (Å²) in [5.74, 6) is 0.480. The van der Waals surface area contributed by atoms with Gasteiger partial charge in [0.2, 0.25) is 0 Å². The van der Waals surface area contributed by atoms with E-state index >= 15 is 0 Å². The fourth-order valence-electron chi connectivity index (χ4n) is 2.12. The van der Waals surface area contributed by atoms with Crippen LogP contribution in [0.3, 0.4) is 0 Å². The highest BCUT2D eigenvalue weighted by Crippen LogP contribution is 2.47. The Labute approximate surface area is 89.5 Å². The van der Waals surface area contributed by atoms with Crippen LogP contribution in [0.15, 0.2) is 18.2 Å². The van der Waals surface area contributed by atoms with E-state index in [0.717, 1.165) is 5.56 Å². The Kier molecular flexibility index (Phi) is 2.35. The maximum atomic E-state index is 9.47. The van der Waals surface area contributed by atoms with Crippen LogP contribution in [0.5, 0.6) is 11.5 Å². The van der Waals surface area contributed by atoms with Crippen molar-refractivity contribution in [3.63, 3.8) is 0 Å². The van der Waals surface area contributed by atoms with Gasteiger partial charge in [-0.2, -0.15) is 0 Å². The highest BCUT2D eigenvalue weighted by Gasteiger charge is 2.41. The number of phenolic OH excluding ortho intramolecular Hbond substituents is 2. The van der Waals surface area contributed by atoms with Crippen LogP contribution in [-0.2, 0) is 5.41 Å². The van der Waals surface area contributed by atoms with Crippen molar-refractivity contribution in [2.24, 2.45) is 11.7 Å². The number of rotatable bonds is 3. The molecule has 3 heteroatoms. The van der Waals surface area contributed by atoms with Crippen molar-refractivity contribution in [2.45, 2.75) is 25.2 Å². The molecule has 1 unspecified atom stereocenters. The second-order valence-electron chi connectivity index (χ2n) is 4.60. The van der Waals surface area contributed by atoms with E-state index in [9.17, 15) is 10.2 Å². The van der Waals surface area contributed by atoms with E-state index in [4.69, 9.17) is 5.73 Å². The van der Waals surface area contributed by atoms with Gasteiger partial charge in [-0.1, -0.05) is 13.0 Å². The number of nitrogens with two attached hydrogens (primary N) is 1. The highest BCUT2D eigenvalue weighted by molar-refractivity contribution is 5.43. The summed E-state index contributed by atoms with van der Waals surface area (Å²) in [6.07, 6.45) is 2.41. The van der Waals surface area contributed by atoms with E-state index < -0.39 is 0 Å². The summed E-state index contributed by atoms with van der Waals surface area (Å²) in [6, 6.07) is 5.00. The molecule has 0 spiro atoms. The van der Waals surface area contributed by atoms with Gasteiger partial charge in [0.05, 0.1) is 0 Å². The molecule has 1 aromatic carbocycles. The van der Waals surface area contributed by atoms with E-state index in [0.29, 0.717) is 12.5 Å². The summed E-state index contributed by atoms with van der Waals surface area (Å²) in [7, 11) is 0. The number of hydrogen-bond donors (Lipinski definition) is 3. The first-order chi connectivity index (χ1) is 7.08. The molecule has 1 aliphatic rings. The lowest BCUT2D eigenvalue weighted by Crippen LogP contribution is -2.34. The molecule has 1 aromatic rings. The van der Waals surface area contributed by atoms with Crippen molar-refractivity contribution in [3.05, 3.63) is 23.8 Å². The number of benzene rings is 1. The van der Waals surface area contributed by atoms with Crippen LogP contribution >= 0.6 is 0 Å². The van der Waals surface area contributed by atoms with Gasteiger partial charge < -0.3 is 15.9 Å². The first-order valence-electron chi connectivity index (χ1n) is 5.30. The van der Waals surface area contributed by atoms with Gasteiger partial charge in [-0.05, 0) is 36.5 Å². The fraction of sp³-hybridized carbons (Fsp3) is 0.500. The molecule has 1 saturated carbocycles. The Morgan fingerprint density at radius 2 is 2.00 bits per heavy atom. The van der Waals surface area contributed by atoms with Crippen LogP contribution in [0.25, 0.3) is 0 Å². The number of phenols is 2. The minimum absolute atomic E-state index is 0.0622. The Morgan fingerprint density at radius 1 is 1.33 bits per heavy atom. The predicted molar refractivity (Wildman–Crippen MR) is 58.9 cm³/mol. The third-order valence-corrected chi connectivity index (χ3v) is 3.54. The summed E-state index contributed by atoms with van der Waals surface area (Å²) in [6.45, 7) is 2.69. The first kappa shape index (κ1) is 10.3. The second-order valence-corrected chi connectivity index (χ2v) is 4.60. The molecule has 0 amide bonds. The molecule has 0 bridgehead atoms. The average Bonchev–Trinajstić information content (AvgIpc) is 3.04. The van der Waals surface area contributed by atoms with Crippen molar-refractivity contribution >= 4 is 0 Å². The smallest absolute Gasteiger partial charge is 0.157 e. The van der Waals surface area contributed by atoms with Gasteiger partial charge in [0.15, 0.2) is 11.5 Å². The van der Waals surface area contributed by atoms with Crippen LogP contribution < -0.4 is 5.73 Å². The molecule has 4 N–H and O–H groups in total. The summed E-state index contributed by atoms with van der Waals surface area (Å²) < 4.78 is 0. The molecule has 0 aliphatic heterocycles. The topological polar surface area (TPSA) is 66.5 Å². The zero-order chi connectivity index (χ0) is 11.1. The molecular weight excluding hydrogens is 190 g/mol. The third-order valence-electron chi connectivity index (χ3n) is 3.54. The van der Waals surface area contributed by atoms with Crippen LogP contribution in [0.1, 0.15) is 25.3 Å². The summed E-state index contributed by atoms with van der Waals surface area (Å²) >= 11 is 0. The Hall–Kier alpha value is -1.22. The van der Waals surface area contributed by atoms with Crippen LogP contribution in [0, 0.1) is 5.92 Å². The molecular formula is C12H17NO2. The van der Waals surface area contributed by atoms with Gasteiger partial charge in [-0.15, -0.1) is 0 Å². The van der Waals surface area contributed by atoms with Gasteiger partial charge in [-0.3, -0.25) is 0 Å². The van der Waals surface area contributed by atoms with Gasteiger partial charge in [0.1, 0.15) is 0 Å². The van der Waals surface area contributed by atoms with Crippen molar-refractivity contribution in [2.75, 3.05) is 6.54 Å². The predicted octanol–water partition coefficient (Wildman–Crippen LogP) is 1.72. The van der Waals surface area contributed by atoms with Crippen molar-refractivity contribution in [3.8, 4) is 11.5 Å². The van der Waals surface area contributed by atoms with Gasteiger partial charge >= 0.3 is 0 Å². The van der Waals surface area contributed by atoms with Crippen LogP contribution in [0.2, 0.25) is 0 Å².